The third-order valence-electron chi connectivity index (χ3n) is 2.72. The van der Waals surface area contributed by atoms with Crippen LogP contribution in [0.4, 0.5) is 11.5 Å². The predicted molar refractivity (Wildman–Crippen MR) is 75.4 cm³/mol. The van der Waals surface area contributed by atoms with Crippen LogP contribution in [0, 0.1) is 6.92 Å². The van der Waals surface area contributed by atoms with Crippen LogP contribution < -0.4 is 11.1 Å². The molecule has 2 heterocycles. The Morgan fingerprint density at radius 3 is 2.95 bits per heavy atom. The second kappa shape index (κ2) is 6.05. The van der Waals surface area contributed by atoms with Gasteiger partial charge >= 0.3 is 5.97 Å². The molecule has 0 aromatic carbocycles. The average Bonchev–Trinajstić information content (AvgIpc) is 2.85. The number of nitrogens with one attached hydrogen (secondary N) is 1. The van der Waals surface area contributed by atoms with Gasteiger partial charge in [-0.15, -0.1) is 0 Å². The summed E-state index contributed by atoms with van der Waals surface area (Å²) in [6.07, 6.45) is 3.74. The van der Waals surface area contributed by atoms with Gasteiger partial charge in [-0.3, -0.25) is 4.68 Å². The second-order valence-corrected chi connectivity index (χ2v) is 4.33. The van der Waals surface area contributed by atoms with Crippen LogP contribution in [-0.4, -0.2) is 34.4 Å². The Labute approximate surface area is 116 Å². The van der Waals surface area contributed by atoms with E-state index in [-0.39, 0.29) is 5.69 Å². The van der Waals surface area contributed by atoms with Gasteiger partial charge in [-0.25, -0.2) is 9.78 Å². The summed E-state index contributed by atoms with van der Waals surface area (Å²) in [6, 6.07) is 3.16. The number of carbonyl (C=O) groups is 1. The summed E-state index contributed by atoms with van der Waals surface area (Å²) in [6.45, 7) is 3.26. The van der Waals surface area contributed by atoms with Gasteiger partial charge in [0.25, 0.3) is 0 Å². The van der Waals surface area contributed by atoms with Gasteiger partial charge in [-0.05, 0) is 24.6 Å². The highest BCUT2D eigenvalue weighted by molar-refractivity contribution is 5.88. The van der Waals surface area contributed by atoms with Crippen LogP contribution in [0.5, 0.6) is 0 Å². The van der Waals surface area contributed by atoms with E-state index in [4.69, 9.17) is 5.73 Å². The minimum absolute atomic E-state index is 0.221. The predicted octanol–water partition coefficient (Wildman–Crippen LogP) is 1.07. The van der Waals surface area contributed by atoms with E-state index in [9.17, 15) is 4.79 Å². The maximum Gasteiger partial charge on any atom is 0.356 e. The lowest BCUT2D eigenvalue weighted by molar-refractivity contribution is 0.0594. The van der Waals surface area contributed by atoms with Crippen molar-refractivity contribution < 1.29 is 9.53 Å². The van der Waals surface area contributed by atoms with Crippen LogP contribution in [0.15, 0.2) is 24.5 Å². The number of hydrogen-bond acceptors (Lipinski definition) is 6. The summed E-state index contributed by atoms with van der Waals surface area (Å²) in [5, 5.41) is 7.26. The summed E-state index contributed by atoms with van der Waals surface area (Å²) in [5.41, 5.74) is 7.62. The number of nitrogen functional groups attached to an aromatic ring is 1. The number of nitrogens with two attached hydrogens (primary N) is 1. The molecular formula is C13H17N5O2. The quantitative estimate of drug-likeness (QED) is 0.792. The summed E-state index contributed by atoms with van der Waals surface area (Å²) in [7, 11) is 1.31. The Hall–Kier alpha value is -2.57. The number of methoxy groups -OCH3 is 1. The molecule has 3 N–H and O–H groups in total. The summed E-state index contributed by atoms with van der Waals surface area (Å²) < 4.78 is 6.45. The Balaban J connectivity index is 1.99. The molecule has 20 heavy (non-hydrogen) atoms. The van der Waals surface area contributed by atoms with Crippen molar-refractivity contribution in [2.24, 2.45) is 0 Å². The smallest absolute Gasteiger partial charge is 0.356 e. The summed E-state index contributed by atoms with van der Waals surface area (Å²) >= 11 is 0. The standard InChI is InChI=1S/C13H17N5O2/c1-9-7-16-18(8-9)6-5-15-12-10(14)3-4-11(17-12)13(19)20-2/h3-4,7-8H,5-6,14H2,1-2H3,(H,15,17). The van der Waals surface area contributed by atoms with Gasteiger partial charge in [-0.2, -0.15) is 5.10 Å². The number of nitrogens with zero attached hydrogens (tertiary/aromatic N) is 3. The zero-order valence-corrected chi connectivity index (χ0v) is 11.5. The van der Waals surface area contributed by atoms with Crippen LogP contribution in [-0.2, 0) is 11.3 Å². The largest absolute Gasteiger partial charge is 0.464 e. The molecule has 2 aromatic heterocycles. The molecule has 0 amide bonds. The van der Waals surface area contributed by atoms with Crippen LogP contribution in [0.25, 0.3) is 0 Å². The number of hydrogen-bond donors (Lipinski definition) is 2. The fraction of sp³-hybridized carbons (Fsp3) is 0.308. The lowest BCUT2D eigenvalue weighted by Crippen LogP contribution is -2.14. The maximum atomic E-state index is 11.4. The Morgan fingerprint density at radius 1 is 1.50 bits per heavy atom. The molecule has 0 aliphatic carbocycles. The number of rotatable bonds is 5. The van der Waals surface area contributed by atoms with Crippen LogP contribution in [0.3, 0.4) is 0 Å². The molecule has 0 saturated heterocycles. The normalized spacial score (nSPS) is 10.3. The first-order valence-electron chi connectivity index (χ1n) is 6.18. The molecule has 0 unspecified atom stereocenters. The SMILES string of the molecule is COC(=O)c1ccc(N)c(NCCn2cc(C)cn2)n1. The molecular weight excluding hydrogens is 258 g/mol. The molecule has 7 heteroatoms. The first-order valence-corrected chi connectivity index (χ1v) is 6.18. The van der Waals surface area contributed by atoms with Gasteiger partial charge in [0, 0.05) is 12.7 Å². The van der Waals surface area contributed by atoms with E-state index in [0.29, 0.717) is 24.6 Å². The molecule has 7 nitrogen and oxygen atoms in total. The first-order chi connectivity index (χ1) is 9.60. The topological polar surface area (TPSA) is 95.1 Å². The second-order valence-electron chi connectivity index (χ2n) is 4.33. The zero-order chi connectivity index (χ0) is 14.5. The number of pyridine rings is 1. The minimum atomic E-state index is -0.490. The van der Waals surface area contributed by atoms with Crippen molar-refractivity contribution in [2.75, 3.05) is 24.7 Å². The summed E-state index contributed by atoms with van der Waals surface area (Å²) in [5.74, 6) is -0.0208. The molecule has 0 saturated carbocycles. The molecule has 0 spiro atoms. The highest BCUT2D eigenvalue weighted by Crippen LogP contribution is 2.15. The number of ether oxygens (including phenoxy) is 1. The summed E-state index contributed by atoms with van der Waals surface area (Å²) in [4.78, 5) is 15.5. The van der Waals surface area contributed by atoms with Crippen molar-refractivity contribution in [3.05, 3.63) is 35.8 Å². The molecule has 0 bridgehead atoms. The van der Waals surface area contributed by atoms with Gasteiger partial charge in [0.15, 0.2) is 5.69 Å². The fourth-order valence-electron chi connectivity index (χ4n) is 1.71. The Morgan fingerprint density at radius 2 is 2.30 bits per heavy atom. The van der Waals surface area contributed by atoms with Gasteiger partial charge < -0.3 is 15.8 Å². The lowest BCUT2D eigenvalue weighted by atomic mass is 10.3. The highest BCUT2D eigenvalue weighted by atomic mass is 16.5. The van der Waals surface area contributed by atoms with Crippen LogP contribution in [0.2, 0.25) is 0 Å². The molecule has 2 rings (SSSR count). The molecule has 2 aromatic rings. The van der Waals surface area contributed by atoms with Crippen molar-refractivity contribution in [2.45, 2.75) is 13.5 Å². The van der Waals surface area contributed by atoms with E-state index < -0.39 is 5.97 Å². The number of aryl methyl sites for hydroxylation is 1. The molecule has 0 fully saturated rings. The maximum absolute atomic E-state index is 11.4. The van der Waals surface area contributed by atoms with E-state index in [0.717, 1.165) is 5.56 Å². The average molecular weight is 275 g/mol. The highest BCUT2D eigenvalue weighted by Gasteiger charge is 2.10. The van der Waals surface area contributed by atoms with Gasteiger partial charge in [0.1, 0.15) is 5.82 Å². The van der Waals surface area contributed by atoms with Crippen molar-refractivity contribution >= 4 is 17.5 Å². The fourth-order valence-corrected chi connectivity index (χ4v) is 1.71. The van der Waals surface area contributed by atoms with E-state index in [1.54, 1.807) is 12.3 Å². The zero-order valence-electron chi connectivity index (χ0n) is 11.5. The number of esters is 1. The molecule has 0 atom stereocenters. The van der Waals surface area contributed by atoms with E-state index in [2.05, 4.69) is 20.1 Å². The number of carbonyl (C=O) groups excluding carboxylic acids is 1. The number of aromatic nitrogens is 3. The van der Waals surface area contributed by atoms with Gasteiger partial charge in [0.2, 0.25) is 0 Å². The monoisotopic (exact) mass is 275 g/mol. The Bertz CT molecular complexity index is 609. The molecule has 0 radical (unpaired) electrons. The van der Waals surface area contributed by atoms with Crippen molar-refractivity contribution in [1.29, 1.82) is 0 Å². The van der Waals surface area contributed by atoms with Crippen LogP contribution in [0.1, 0.15) is 16.1 Å². The van der Waals surface area contributed by atoms with E-state index in [1.165, 1.54) is 13.2 Å². The van der Waals surface area contributed by atoms with E-state index in [1.807, 2.05) is 17.8 Å². The lowest BCUT2D eigenvalue weighted by Gasteiger charge is -2.09. The van der Waals surface area contributed by atoms with Crippen molar-refractivity contribution in [3.63, 3.8) is 0 Å². The third-order valence-corrected chi connectivity index (χ3v) is 2.72. The third kappa shape index (κ3) is 3.25. The minimum Gasteiger partial charge on any atom is -0.464 e. The Kier molecular flexibility index (Phi) is 4.19. The molecule has 106 valence electrons. The van der Waals surface area contributed by atoms with Gasteiger partial charge in [-0.1, -0.05) is 0 Å². The van der Waals surface area contributed by atoms with E-state index >= 15 is 0 Å². The van der Waals surface area contributed by atoms with Crippen molar-refractivity contribution in [3.8, 4) is 0 Å². The van der Waals surface area contributed by atoms with Gasteiger partial charge in [0.05, 0.1) is 25.5 Å². The van der Waals surface area contributed by atoms with Crippen LogP contribution >= 0.6 is 0 Å². The first kappa shape index (κ1) is 13.9. The molecule has 0 aliphatic rings. The van der Waals surface area contributed by atoms with Crippen molar-refractivity contribution in [1.82, 2.24) is 14.8 Å². The molecule has 0 aliphatic heterocycles. The number of anilines is 2.